The summed E-state index contributed by atoms with van der Waals surface area (Å²) in [7, 11) is 0. The number of nitriles is 1. The highest BCUT2D eigenvalue weighted by molar-refractivity contribution is 5.88. The number of carboxylic acids is 1. The number of rotatable bonds is 3. The van der Waals surface area contributed by atoms with E-state index in [4.69, 9.17) is 15.1 Å². The summed E-state index contributed by atoms with van der Waals surface area (Å²) in [6.07, 6.45) is 0. The SMILES string of the molecule is CCOc1cc(C#N)cc(C(=O)O)c1. The Morgan fingerprint density at radius 3 is 2.79 bits per heavy atom. The first-order valence-corrected chi connectivity index (χ1v) is 4.08. The Hall–Kier alpha value is -2.02. The molecule has 0 aliphatic heterocycles. The van der Waals surface area contributed by atoms with E-state index in [0.29, 0.717) is 12.4 Å². The highest BCUT2D eigenvalue weighted by Gasteiger charge is 2.07. The number of carbonyl (C=O) groups is 1. The number of hydrogen-bond acceptors (Lipinski definition) is 3. The van der Waals surface area contributed by atoms with Crippen molar-refractivity contribution in [2.45, 2.75) is 6.92 Å². The largest absolute Gasteiger partial charge is 0.494 e. The highest BCUT2D eigenvalue weighted by Crippen LogP contribution is 2.16. The van der Waals surface area contributed by atoms with Crippen LogP contribution < -0.4 is 4.74 Å². The average Bonchev–Trinajstić information content (AvgIpc) is 2.17. The molecule has 1 aromatic carbocycles. The van der Waals surface area contributed by atoms with E-state index >= 15 is 0 Å². The third-order valence-electron chi connectivity index (χ3n) is 1.59. The molecule has 0 unspecified atom stereocenters. The minimum atomic E-state index is -1.07. The lowest BCUT2D eigenvalue weighted by Gasteiger charge is -2.04. The van der Waals surface area contributed by atoms with Crippen molar-refractivity contribution in [3.05, 3.63) is 29.3 Å². The predicted molar refractivity (Wildman–Crippen MR) is 49.3 cm³/mol. The maximum atomic E-state index is 10.7. The van der Waals surface area contributed by atoms with E-state index < -0.39 is 5.97 Å². The second kappa shape index (κ2) is 4.28. The van der Waals surface area contributed by atoms with Gasteiger partial charge in [-0.3, -0.25) is 0 Å². The minimum absolute atomic E-state index is 0.0625. The van der Waals surface area contributed by atoms with Gasteiger partial charge in [0.05, 0.1) is 23.8 Å². The summed E-state index contributed by atoms with van der Waals surface area (Å²) in [6.45, 7) is 2.23. The molecule has 4 heteroatoms. The first kappa shape index (κ1) is 10.1. The quantitative estimate of drug-likeness (QED) is 0.788. The van der Waals surface area contributed by atoms with Gasteiger partial charge in [-0.15, -0.1) is 0 Å². The van der Waals surface area contributed by atoms with Crippen LogP contribution in [0, 0.1) is 11.3 Å². The fourth-order valence-electron chi connectivity index (χ4n) is 1.04. The second-order valence-corrected chi connectivity index (χ2v) is 2.60. The molecular formula is C10H9NO3. The number of benzene rings is 1. The molecule has 0 radical (unpaired) electrons. The molecule has 0 saturated carbocycles. The fourth-order valence-corrected chi connectivity index (χ4v) is 1.04. The topological polar surface area (TPSA) is 70.3 Å². The molecule has 0 atom stereocenters. The molecule has 1 aromatic rings. The minimum Gasteiger partial charge on any atom is -0.494 e. The Labute approximate surface area is 81.4 Å². The van der Waals surface area contributed by atoms with Crippen molar-refractivity contribution in [1.29, 1.82) is 5.26 Å². The van der Waals surface area contributed by atoms with Crippen LogP contribution in [0.5, 0.6) is 5.75 Å². The van der Waals surface area contributed by atoms with Gasteiger partial charge in [0, 0.05) is 0 Å². The fraction of sp³-hybridized carbons (Fsp3) is 0.200. The summed E-state index contributed by atoms with van der Waals surface area (Å²) in [4.78, 5) is 10.7. The summed E-state index contributed by atoms with van der Waals surface area (Å²) in [5, 5.41) is 17.4. The van der Waals surface area contributed by atoms with E-state index in [0.717, 1.165) is 0 Å². The molecule has 0 aliphatic carbocycles. The van der Waals surface area contributed by atoms with E-state index in [1.54, 1.807) is 6.92 Å². The smallest absolute Gasteiger partial charge is 0.335 e. The van der Waals surface area contributed by atoms with Crippen molar-refractivity contribution in [3.8, 4) is 11.8 Å². The molecule has 0 heterocycles. The summed E-state index contributed by atoms with van der Waals surface area (Å²) < 4.78 is 5.12. The van der Waals surface area contributed by atoms with Gasteiger partial charge in [-0.05, 0) is 25.1 Å². The lowest BCUT2D eigenvalue weighted by molar-refractivity contribution is 0.0696. The molecule has 1 N–H and O–H groups in total. The Morgan fingerprint density at radius 2 is 2.29 bits per heavy atom. The number of aromatic carboxylic acids is 1. The number of carboxylic acid groups (broad SMARTS) is 1. The molecule has 0 aliphatic rings. The van der Waals surface area contributed by atoms with Gasteiger partial charge in [-0.1, -0.05) is 0 Å². The lowest BCUT2D eigenvalue weighted by atomic mass is 10.1. The summed E-state index contributed by atoms with van der Waals surface area (Å²) in [6, 6.07) is 6.09. The van der Waals surface area contributed by atoms with Gasteiger partial charge in [0.2, 0.25) is 0 Å². The molecule has 0 amide bonds. The van der Waals surface area contributed by atoms with Crippen LogP contribution in [0.25, 0.3) is 0 Å². The Bertz CT molecular complexity index is 393. The molecule has 0 aromatic heterocycles. The Kier molecular flexibility index (Phi) is 3.08. The molecule has 1 rings (SSSR count). The van der Waals surface area contributed by atoms with Gasteiger partial charge in [0.1, 0.15) is 5.75 Å². The van der Waals surface area contributed by atoms with Crippen LogP contribution in [-0.4, -0.2) is 17.7 Å². The Morgan fingerprint density at radius 1 is 1.57 bits per heavy atom. The van der Waals surface area contributed by atoms with Crippen molar-refractivity contribution in [1.82, 2.24) is 0 Å². The maximum absolute atomic E-state index is 10.7. The van der Waals surface area contributed by atoms with Crippen LogP contribution in [0.1, 0.15) is 22.8 Å². The van der Waals surface area contributed by atoms with Gasteiger partial charge >= 0.3 is 5.97 Å². The van der Waals surface area contributed by atoms with Crippen molar-refractivity contribution >= 4 is 5.97 Å². The van der Waals surface area contributed by atoms with E-state index in [9.17, 15) is 4.79 Å². The Balaban J connectivity index is 3.15. The van der Waals surface area contributed by atoms with Crippen molar-refractivity contribution in [2.24, 2.45) is 0 Å². The number of ether oxygens (including phenoxy) is 1. The monoisotopic (exact) mass is 191 g/mol. The van der Waals surface area contributed by atoms with Gasteiger partial charge in [-0.2, -0.15) is 5.26 Å². The van der Waals surface area contributed by atoms with E-state index in [2.05, 4.69) is 0 Å². The molecule has 4 nitrogen and oxygen atoms in total. The van der Waals surface area contributed by atoms with Crippen molar-refractivity contribution in [3.63, 3.8) is 0 Å². The average molecular weight is 191 g/mol. The second-order valence-electron chi connectivity index (χ2n) is 2.60. The number of hydrogen-bond donors (Lipinski definition) is 1. The first-order valence-electron chi connectivity index (χ1n) is 4.08. The van der Waals surface area contributed by atoms with E-state index in [1.807, 2.05) is 6.07 Å². The normalized spacial score (nSPS) is 9.14. The molecular weight excluding hydrogens is 182 g/mol. The zero-order chi connectivity index (χ0) is 10.6. The van der Waals surface area contributed by atoms with Gasteiger partial charge in [-0.25, -0.2) is 4.79 Å². The summed E-state index contributed by atoms with van der Waals surface area (Å²) in [5.41, 5.74) is 0.348. The zero-order valence-corrected chi connectivity index (χ0v) is 7.65. The molecule has 72 valence electrons. The van der Waals surface area contributed by atoms with Crippen LogP contribution in [0.4, 0.5) is 0 Å². The van der Waals surface area contributed by atoms with Crippen LogP contribution in [-0.2, 0) is 0 Å². The zero-order valence-electron chi connectivity index (χ0n) is 7.65. The lowest BCUT2D eigenvalue weighted by Crippen LogP contribution is -1.99. The highest BCUT2D eigenvalue weighted by atomic mass is 16.5. The summed E-state index contributed by atoms with van der Waals surface area (Å²) >= 11 is 0. The van der Waals surface area contributed by atoms with Crippen molar-refractivity contribution in [2.75, 3.05) is 6.61 Å². The van der Waals surface area contributed by atoms with Gasteiger partial charge in [0.25, 0.3) is 0 Å². The van der Waals surface area contributed by atoms with Crippen LogP contribution in [0.15, 0.2) is 18.2 Å². The van der Waals surface area contributed by atoms with Crippen LogP contribution in [0.3, 0.4) is 0 Å². The van der Waals surface area contributed by atoms with Crippen LogP contribution in [0.2, 0.25) is 0 Å². The maximum Gasteiger partial charge on any atom is 0.335 e. The predicted octanol–water partition coefficient (Wildman–Crippen LogP) is 1.66. The standard InChI is InChI=1S/C10H9NO3/c1-2-14-9-4-7(6-11)3-8(5-9)10(12)13/h3-5H,2H2,1H3,(H,12,13). The van der Waals surface area contributed by atoms with Crippen molar-refractivity contribution < 1.29 is 14.6 Å². The molecule has 0 spiro atoms. The third-order valence-corrected chi connectivity index (χ3v) is 1.59. The molecule has 0 bridgehead atoms. The van der Waals surface area contributed by atoms with Gasteiger partial charge < -0.3 is 9.84 Å². The molecule has 0 fully saturated rings. The van der Waals surface area contributed by atoms with Gasteiger partial charge in [0.15, 0.2) is 0 Å². The van der Waals surface area contributed by atoms with E-state index in [-0.39, 0.29) is 11.1 Å². The number of nitrogens with zero attached hydrogens (tertiary/aromatic N) is 1. The molecule has 0 saturated heterocycles. The van der Waals surface area contributed by atoms with Crippen LogP contribution >= 0.6 is 0 Å². The molecule has 14 heavy (non-hydrogen) atoms. The third kappa shape index (κ3) is 2.23. The summed E-state index contributed by atoms with van der Waals surface area (Å²) in [5.74, 6) is -0.660. The van der Waals surface area contributed by atoms with E-state index in [1.165, 1.54) is 18.2 Å². The first-order chi connectivity index (χ1) is 6.67.